The number of rotatable bonds is 5. The Balaban J connectivity index is 2.04. The molecule has 8 heteroatoms. The molecule has 0 amide bonds. The molecule has 21 heavy (non-hydrogen) atoms. The summed E-state index contributed by atoms with van der Waals surface area (Å²) in [5.74, 6) is -0.169. The van der Waals surface area contributed by atoms with Gasteiger partial charge in [-0.25, -0.2) is 4.39 Å². The SMILES string of the molecule is CNCC1CCN(S(=O)(=O)Nc2cc(Cl)ccc2F)CC1. The van der Waals surface area contributed by atoms with Gasteiger partial charge in [0.15, 0.2) is 0 Å². The second-order valence-electron chi connectivity index (χ2n) is 5.13. The summed E-state index contributed by atoms with van der Waals surface area (Å²) >= 11 is 5.76. The van der Waals surface area contributed by atoms with Crippen molar-refractivity contribution in [1.29, 1.82) is 0 Å². The summed E-state index contributed by atoms with van der Waals surface area (Å²) in [6.45, 7) is 1.75. The summed E-state index contributed by atoms with van der Waals surface area (Å²) in [5, 5.41) is 3.38. The van der Waals surface area contributed by atoms with Gasteiger partial charge < -0.3 is 5.32 Å². The molecule has 0 bridgehead atoms. The van der Waals surface area contributed by atoms with Gasteiger partial charge in [-0.1, -0.05) is 11.6 Å². The van der Waals surface area contributed by atoms with Gasteiger partial charge in [-0.05, 0) is 50.6 Å². The average molecular weight is 336 g/mol. The molecule has 1 aromatic carbocycles. The quantitative estimate of drug-likeness (QED) is 0.866. The third-order valence-electron chi connectivity index (χ3n) is 3.57. The summed E-state index contributed by atoms with van der Waals surface area (Å²) in [7, 11) is -1.87. The van der Waals surface area contributed by atoms with E-state index in [1.54, 1.807) is 0 Å². The predicted molar refractivity (Wildman–Crippen MR) is 82.2 cm³/mol. The zero-order chi connectivity index (χ0) is 15.5. The van der Waals surface area contributed by atoms with Crippen LogP contribution in [-0.2, 0) is 10.2 Å². The number of anilines is 1. The molecular weight excluding hydrogens is 317 g/mol. The van der Waals surface area contributed by atoms with E-state index in [0.29, 0.717) is 19.0 Å². The molecule has 1 aliphatic rings. The van der Waals surface area contributed by atoms with Crippen molar-refractivity contribution in [3.05, 3.63) is 29.0 Å². The lowest BCUT2D eigenvalue weighted by molar-refractivity contribution is 0.272. The minimum Gasteiger partial charge on any atom is -0.319 e. The van der Waals surface area contributed by atoms with Crippen molar-refractivity contribution < 1.29 is 12.8 Å². The maximum absolute atomic E-state index is 13.6. The highest BCUT2D eigenvalue weighted by Crippen LogP contribution is 2.24. The van der Waals surface area contributed by atoms with E-state index in [0.717, 1.165) is 25.5 Å². The van der Waals surface area contributed by atoms with Gasteiger partial charge in [-0.15, -0.1) is 0 Å². The molecule has 1 aliphatic heterocycles. The average Bonchev–Trinajstić information content (AvgIpc) is 2.44. The van der Waals surface area contributed by atoms with Gasteiger partial charge in [0.1, 0.15) is 5.82 Å². The van der Waals surface area contributed by atoms with Crippen LogP contribution in [0, 0.1) is 11.7 Å². The highest BCUT2D eigenvalue weighted by Gasteiger charge is 2.28. The van der Waals surface area contributed by atoms with Crippen LogP contribution in [0.5, 0.6) is 0 Å². The third kappa shape index (κ3) is 4.29. The summed E-state index contributed by atoms with van der Waals surface area (Å²) in [4.78, 5) is 0. The van der Waals surface area contributed by atoms with Crippen LogP contribution in [0.1, 0.15) is 12.8 Å². The predicted octanol–water partition coefficient (Wildman–Crippen LogP) is 2.07. The molecule has 118 valence electrons. The van der Waals surface area contributed by atoms with Crippen LogP contribution in [0.4, 0.5) is 10.1 Å². The first-order valence-electron chi connectivity index (χ1n) is 6.80. The minimum absolute atomic E-state index is 0.125. The first kappa shape index (κ1) is 16.5. The molecule has 1 fully saturated rings. The van der Waals surface area contributed by atoms with Crippen LogP contribution in [0.25, 0.3) is 0 Å². The Kier molecular flexibility index (Phi) is 5.43. The van der Waals surface area contributed by atoms with Gasteiger partial charge in [0, 0.05) is 18.1 Å². The highest BCUT2D eigenvalue weighted by molar-refractivity contribution is 7.90. The summed E-state index contributed by atoms with van der Waals surface area (Å²) in [6.07, 6.45) is 1.58. The Morgan fingerprint density at radius 1 is 1.38 bits per heavy atom. The van der Waals surface area contributed by atoms with Crippen molar-refractivity contribution in [1.82, 2.24) is 9.62 Å². The molecular formula is C13H19ClFN3O2S. The fourth-order valence-electron chi connectivity index (χ4n) is 2.42. The van der Waals surface area contributed by atoms with Crippen LogP contribution in [-0.4, -0.2) is 39.4 Å². The molecule has 1 heterocycles. The van der Waals surface area contributed by atoms with Gasteiger partial charge >= 0.3 is 10.2 Å². The fourth-order valence-corrected chi connectivity index (χ4v) is 3.85. The standard InChI is InChI=1S/C13H19ClFN3O2S/c1-16-9-10-4-6-18(7-5-10)21(19,20)17-13-8-11(14)2-3-12(13)15/h2-3,8,10,16-17H,4-7,9H2,1H3. The number of halogens is 2. The summed E-state index contributed by atoms with van der Waals surface area (Å²) < 4.78 is 41.8. The van der Waals surface area contributed by atoms with E-state index in [4.69, 9.17) is 11.6 Å². The van der Waals surface area contributed by atoms with Crippen LogP contribution in [0.15, 0.2) is 18.2 Å². The highest BCUT2D eigenvalue weighted by atomic mass is 35.5. The van der Waals surface area contributed by atoms with Crippen molar-refractivity contribution in [3.8, 4) is 0 Å². The van der Waals surface area contributed by atoms with E-state index in [9.17, 15) is 12.8 Å². The maximum Gasteiger partial charge on any atom is 0.301 e. The molecule has 0 unspecified atom stereocenters. The lowest BCUT2D eigenvalue weighted by atomic mass is 9.98. The molecule has 0 atom stereocenters. The Hall–Kier alpha value is -0.890. The molecule has 0 aliphatic carbocycles. The molecule has 0 radical (unpaired) electrons. The van der Waals surface area contributed by atoms with Gasteiger partial charge in [-0.2, -0.15) is 12.7 Å². The van der Waals surface area contributed by atoms with Crippen molar-refractivity contribution in [2.75, 3.05) is 31.4 Å². The van der Waals surface area contributed by atoms with E-state index >= 15 is 0 Å². The monoisotopic (exact) mass is 335 g/mol. The second kappa shape index (κ2) is 6.91. The molecule has 1 aromatic rings. The summed E-state index contributed by atoms with van der Waals surface area (Å²) in [5.41, 5.74) is -0.125. The number of benzene rings is 1. The normalized spacial score (nSPS) is 17.9. The maximum atomic E-state index is 13.6. The Bertz CT molecular complexity index is 589. The number of hydrogen-bond acceptors (Lipinski definition) is 3. The number of hydrogen-bond donors (Lipinski definition) is 2. The smallest absolute Gasteiger partial charge is 0.301 e. The lowest BCUT2D eigenvalue weighted by Crippen LogP contribution is -2.43. The Labute approximate surface area is 129 Å². The number of nitrogens with zero attached hydrogens (tertiary/aromatic N) is 1. The molecule has 0 spiro atoms. The first-order chi connectivity index (χ1) is 9.92. The molecule has 5 nitrogen and oxygen atoms in total. The lowest BCUT2D eigenvalue weighted by Gasteiger charge is -2.31. The molecule has 1 saturated heterocycles. The van der Waals surface area contributed by atoms with E-state index in [1.807, 2.05) is 7.05 Å². The van der Waals surface area contributed by atoms with Crippen molar-refractivity contribution in [2.45, 2.75) is 12.8 Å². The third-order valence-corrected chi connectivity index (χ3v) is 5.33. The van der Waals surface area contributed by atoms with Gasteiger partial charge in [0.05, 0.1) is 5.69 Å². The van der Waals surface area contributed by atoms with Crippen LogP contribution < -0.4 is 10.0 Å². The van der Waals surface area contributed by atoms with Crippen molar-refractivity contribution in [2.24, 2.45) is 5.92 Å². The second-order valence-corrected chi connectivity index (χ2v) is 7.24. The van der Waals surface area contributed by atoms with Gasteiger partial charge in [0.2, 0.25) is 0 Å². The number of nitrogens with one attached hydrogen (secondary N) is 2. The molecule has 2 rings (SSSR count). The topological polar surface area (TPSA) is 61.4 Å². The summed E-state index contributed by atoms with van der Waals surface area (Å²) in [6, 6.07) is 3.78. The number of piperidine rings is 1. The minimum atomic E-state index is -3.75. The van der Waals surface area contributed by atoms with E-state index in [1.165, 1.54) is 16.4 Å². The van der Waals surface area contributed by atoms with Crippen molar-refractivity contribution in [3.63, 3.8) is 0 Å². The zero-order valence-electron chi connectivity index (χ0n) is 11.8. The van der Waals surface area contributed by atoms with Gasteiger partial charge in [-0.3, -0.25) is 4.72 Å². The van der Waals surface area contributed by atoms with Crippen molar-refractivity contribution >= 4 is 27.5 Å². The van der Waals surface area contributed by atoms with Crippen LogP contribution in [0.3, 0.4) is 0 Å². The first-order valence-corrected chi connectivity index (χ1v) is 8.61. The Morgan fingerprint density at radius 3 is 2.67 bits per heavy atom. The van der Waals surface area contributed by atoms with E-state index < -0.39 is 16.0 Å². The van der Waals surface area contributed by atoms with E-state index in [-0.39, 0.29) is 10.7 Å². The fraction of sp³-hybridized carbons (Fsp3) is 0.538. The van der Waals surface area contributed by atoms with Crippen LogP contribution >= 0.6 is 11.6 Å². The molecule has 0 aromatic heterocycles. The van der Waals surface area contributed by atoms with E-state index in [2.05, 4.69) is 10.0 Å². The molecule has 2 N–H and O–H groups in total. The zero-order valence-corrected chi connectivity index (χ0v) is 13.3. The van der Waals surface area contributed by atoms with Gasteiger partial charge in [0.25, 0.3) is 0 Å². The largest absolute Gasteiger partial charge is 0.319 e. The van der Waals surface area contributed by atoms with Crippen LogP contribution in [0.2, 0.25) is 5.02 Å². The molecule has 0 saturated carbocycles. The Morgan fingerprint density at radius 2 is 2.05 bits per heavy atom.